The molecular formula is C12H21F2NO. The van der Waals surface area contributed by atoms with Crippen LogP contribution < -0.4 is 0 Å². The molecule has 0 atom stereocenters. The van der Waals surface area contributed by atoms with Gasteiger partial charge in [0.15, 0.2) is 0 Å². The fourth-order valence-electron chi connectivity index (χ4n) is 2.89. The van der Waals surface area contributed by atoms with E-state index in [1.165, 1.54) is 0 Å². The average Bonchev–Trinajstić information content (AvgIpc) is 2.20. The molecule has 1 saturated heterocycles. The van der Waals surface area contributed by atoms with Gasteiger partial charge in [-0.15, -0.1) is 0 Å². The molecule has 0 radical (unpaired) electrons. The first-order valence-electron chi connectivity index (χ1n) is 6.33. The van der Waals surface area contributed by atoms with Gasteiger partial charge in [-0.2, -0.15) is 0 Å². The molecule has 0 aromatic carbocycles. The predicted molar refractivity (Wildman–Crippen MR) is 58.6 cm³/mol. The van der Waals surface area contributed by atoms with E-state index in [4.69, 9.17) is 0 Å². The van der Waals surface area contributed by atoms with Gasteiger partial charge in [0.25, 0.3) is 5.92 Å². The number of halogens is 2. The Morgan fingerprint density at radius 1 is 1.19 bits per heavy atom. The number of aliphatic hydroxyl groups is 1. The van der Waals surface area contributed by atoms with Crippen LogP contribution in [0.25, 0.3) is 0 Å². The van der Waals surface area contributed by atoms with E-state index in [2.05, 4.69) is 0 Å². The molecule has 16 heavy (non-hydrogen) atoms. The summed E-state index contributed by atoms with van der Waals surface area (Å²) >= 11 is 0. The van der Waals surface area contributed by atoms with E-state index in [1.54, 1.807) is 0 Å². The maximum atomic E-state index is 13.2. The number of nitrogens with zero attached hydrogens (tertiary/aromatic N) is 1. The Morgan fingerprint density at radius 3 is 2.50 bits per heavy atom. The Kier molecular flexibility index (Phi) is 3.80. The molecular weight excluding hydrogens is 212 g/mol. The highest BCUT2D eigenvalue weighted by Gasteiger charge is 2.35. The monoisotopic (exact) mass is 233 g/mol. The molecule has 0 bridgehead atoms. The summed E-state index contributed by atoms with van der Waals surface area (Å²) in [7, 11) is 0. The van der Waals surface area contributed by atoms with Crippen molar-refractivity contribution in [1.82, 2.24) is 4.90 Å². The maximum Gasteiger partial charge on any atom is 0.260 e. The van der Waals surface area contributed by atoms with Crippen LogP contribution in [-0.2, 0) is 0 Å². The molecule has 0 amide bonds. The highest BCUT2D eigenvalue weighted by Crippen LogP contribution is 2.30. The molecule has 1 aliphatic heterocycles. The van der Waals surface area contributed by atoms with E-state index in [1.807, 2.05) is 4.90 Å². The summed E-state index contributed by atoms with van der Waals surface area (Å²) in [6.07, 6.45) is 4.17. The number of hydrogen-bond donors (Lipinski definition) is 1. The molecule has 2 fully saturated rings. The second-order valence-corrected chi connectivity index (χ2v) is 5.37. The van der Waals surface area contributed by atoms with Crippen LogP contribution in [0.2, 0.25) is 0 Å². The van der Waals surface area contributed by atoms with E-state index in [-0.39, 0.29) is 19.1 Å². The molecule has 0 aromatic heterocycles. The quantitative estimate of drug-likeness (QED) is 0.791. The number of piperidine rings is 1. The number of aliphatic hydroxyl groups excluding tert-OH is 1. The Hall–Kier alpha value is -0.220. The van der Waals surface area contributed by atoms with Gasteiger partial charge in [0.1, 0.15) is 0 Å². The van der Waals surface area contributed by atoms with Gasteiger partial charge >= 0.3 is 0 Å². The van der Waals surface area contributed by atoms with Crippen molar-refractivity contribution in [3.8, 4) is 0 Å². The summed E-state index contributed by atoms with van der Waals surface area (Å²) in [5.41, 5.74) is 0. The number of alkyl halides is 2. The summed E-state index contributed by atoms with van der Waals surface area (Å²) in [6, 6.07) is 0. The highest BCUT2D eigenvalue weighted by molar-refractivity contribution is 4.81. The van der Waals surface area contributed by atoms with Crippen molar-refractivity contribution in [2.75, 3.05) is 19.6 Å². The molecule has 1 aliphatic carbocycles. The molecule has 2 rings (SSSR count). The zero-order valence-corrected chi connectivity index (χ0v) is 9.67. The zero-order valence-electron chi connectivity index (χ0n) is 9.67. The average molecular weight is 233 g/mol. The first-order chi connectivity index (χ1) is 7.55. The Balaban J connectivity index is 1.76. The molecule has 1 heterocycles. The maximum absolute atomic E-state index is 13.2. The minimum Gasteiger partial charge on any atom is -0.393 e. The Labute approximate surface area is 95.6 Å². The molecule has 2 nitrogen and oxygen atoms in total. The molecule has 2 aliphatic rings. The fraction of sp³-hybridized carbons (Fsp3) is 1.00. The Bertz CT molecular complexity index is 227. The third-order valence-electron chi connectivity index (χ3n) is 3.80. The third kappa shape index (κ3) is 3.39. The van der Waals surface area contributed by atoms with Gasteiger partial charge in [0.2, 0.25) is 0 Å². The van der Waals surface area contributed by atoms with Crippen LogP contribution in [-0.4, -0.2) is 41.7 Å². The fourth-order valence-corrected chi connectivity index (χ4v) is 2.89. The van der Waals surface area contributed by atoms with Crippen molar-refractivity contribution in [2.24, 2.45) is 5.92 Å². The molecule has 94 valence electrons. The molecule has 4 heteroatoms. The lowest BCUT2D eigenvalue weighted by molar-refractivity contribution is -0.0689. The standard InChI is InChI=1S/C12H21F2NO/c13-12(14)6-1-7-15(9-12)8-10-2-4-11(16)5-3-10/h10-11,16H,1-9H2. The first-order valence-corrected chi connectivity index (χ1v) is 6.33. The van der Waals surface area contributed by atoms with Crippen LogP contribution in [0.3, 0.4) is 0 Å². The second-order valence-electron chi connectivity index (χ2n) is 5.37. The summed E-state index contributed by atoms with van der Waals surface area (Å²) in [5, 5.41) is 9.38. The first kappa shape index (κ1) is 12.2. The van der Waals surface area contributed by atoms with E-state index in [0.717, 1.165) is 38.8 Å². The zero-order chi connectivity index (χ0) is 11.6. The molecule has 0 aromatic rings. The van der Waals surface area contributed by atoms with Crippen LogP contribution in [0.5, 0.6) is 0 Å². The van der Waals surface area contributed by atoms with Crippen molar-refractivity contribution in [2.45, 2.75) is 50.6 Å². The van der Waals surface area contributed by atoms with Crippen LogP contribution >= 0.6 is 0 Å². The minimum atomic E-state index is -2.48. The van der Waals surface area contributed by atoms with Crippen LogP contribution in [0.15, 0.2) is 0 Å². The third-order valence-corrected chi connectivity index (χ3v) is 3.80. The van der Waals surface area contributed by atoms with Gasteiger partial charge in [0, 0.05) is 13.0 Å². The molecule has 1 N–H and O–H groups in total. The van der Waals surface area contributed by atoms with E-state index in [0.29, 0.717) is 12.3 Å². The van der Waals surface area contributed by atoms with Crippen molar-refractivity contribution in [3.05, 3.63) is 0 Å². The smallest absolute Gasteiger partial charge is 0.260 e. The number of rotatable bonds is 2. The van der Waals surface area contributed by atoms with Gasteiger partial charge in [-0.1, -0.05) is 0 Å². The largest absolute Gasteiger partial charge is 0.393 e. The second kappa shape index (κ2) is 4.96. The van der Waals surface area contributed by atoms with Gasteiger partial charge in [0.05, 0.1) is 12.6 Å². The van der Waals surface area contributed by atoms with Gasteiger partial charge < -0.3 is 5.11 Å². The number of hydrogen-bond acceptors (Lipinski definition) is 2. The van der Waals surface area contributed by atoms with Crippen LogP contribution in [0, 0.1) is 5.92 Å². The highest BCUT2D eigenvalue weighted by atomic mass is 19.3. The molecule has 1 saturated carbocycles. The van der Waals surface area contributed by atoms with Crippen molar-refractivity contribution in [1.29, 1.82) is 0 Å². The Morgan fingerprint density at radius 2 is 1.88 bits per heavy atom. The van der Waals surface area contributed by atoms with Gasteiger partial charge in [-0.3, -0.25) is 4.90 Å². The summed E-state index contributed by atoms with van der Waals surface area (Å²) in [6.45, 7) is 1.54. The van der Waals surface area contributed by atoms with Crippen molar-refractivity contribution in [3.63, 3.8) is 0 Å². The lowest BCUT2D eigenvalue weighted by Gasteiger charge is -2.36. The number of likely N-dealkylation sites (tertiary alicyclic amines) is 1. The summed E-state index contributed by atoms with van der Waals surface area (Å²) in [4.78, 5) is 1.91. The van der Waals surface area contributed by atoms with Crippen molar-refractivity contribution >= 4 is 0 Å². The van der Waals surface area contributed by atoms with E-state index >= 15 is 0 Å². The lowest BCUT2D eigenvalue weighted by atomic mass is 9.87. The molecule has 0 spiro atoms. The van der Waals surface area contributed by atoms with Gasteiger partial charge in [-0.25, -0.2) is 8.78 Å². The van der Waals surface area contributed by atoms with Crippen molar-refractivity contribution < 1.29 is 13.9 Å². The normalized spacial score (nSPS) is 36.2. The minimum absolute atomic E-state index is 0.0485. The summed E-state index contributed by atoms with van der Waals surface area (Å²) in [5.74, 6) is -1.97. The summed E-state index contributed by atoms with van der Waals surface area (Å²) < 4.78 is 26.4. The van der Waals surface area contributed by atoms with E-state index < -0.39 is 5.92 Å². The predicted octanol–water partition coefficient (Wildman–Crippen LogP) is 2.27. The van der Waals surface area contributed by atoms with E-state index in [9.17, 15) is 13.9 Å². The van der Waals surface area contributed by atoms with Crippen LogP contribution in [0.4, 0.5) is 8.78 Å². The van der Waals surface area contributed by atoms with Crippen LogP contribution in [0.1, 0.15) is 38.5 Å². The SMILES string of the molecule is OC1CCC(CN2CCCC(F)(F)C2)CC1. The topological polar surface area (TPSA) is 23.5 Å². The molecule has 0 unspecified atom stereocenters. The lowest BCUT2D eigenvalue weighted by Crippen LogP contribution is -2.45. The van der Waals surface area contributed by atoms with Gasteiger partial charge in [-0.05, 0) is 44.6 Å².